The number of rotatable bonds is 7. The summed E-state index contributed by atoms with van der Waals surface area (Å²) in [6.07, 6.45) is 1.81. The Kier molecular flexibility index (Phi) is 7.25. The van der Waals surface area contributed by atoms with Crippen molar-refractivity contribution in [2.24, 2.45) is 0 Å². The van der Waals surface area contributed by atoms with E-state index in [0.717, 1.165) is 48.7 Å². The van der Waals surface area contributed by atoms with Gasteiger partial charge in [-0.3, -0.25) is 9.69 Å². The zero-order chi connectivity index (χ0) is 24.9. The Morgan fingerprint density at radius 1 is 0.806 bits per heavy atom. The van der Waals surface area contributed by atoms with Crippen LogP contribution in [0, 0.1) is 0 Å². The van der Waals surface area contributed by atoms with Crippen molar-refractivity contribution in [3.05, 3.63) is 107 Å². The maximum atomic E-state index is 13.6. The van der Waals surface area contributed by atoms with E-state index in [9.17, 15) is 15.0 Å². The molecule has 0 saturated carbocycles. The van der Waals surface area contributed by atoms with Crippen LogP contribution in [0.25, 0.3) is 5.69 Å². The largest absolute Gasteiger partial charge is 0.508 e. The van der Waals surface area contributed by atoms with E-state index >= 15 is 0 Å². The first-order valence-corrected chi connectivity index (χ1v) is 12.9. The number of phenolic OH excluding ortho intramolecular Hbond substituents is 2. The number of piperazine rings is 1. The molecule has 1 fully saturated rings. The van der Waals surface area contributed by atoms with Crippen LogP contribution in [-0.2, 0) is 12.3 Å². The van der Waals surface area contributed by atoms with Gasteiger partial charge in [0.2, 0.25) is 0 Å². The predicted molar refractivity (Wildman–Crippen MR) is 143 cm³/mol. The fourth-order valence-electron chi connectivity index (χ4n) is 4.43. The van der Waals surface area contributed by atoms with Crippen molar-refractivity contribution in [3.63, 3.8) is 0 Å². The molecule has 1 aliphatic heterocycles. The van der Waals surface area contributed by atoms with E-state index in [1.54, 1.807) is 23.9 Å². The summed E-state index contributed by atoms with van der Waals surface area (Å²) in [5.74, 6) is 0.825. The zero-order valence-corrected chi connectivity index (χ0v) is 20.6. The van der Waals surface area contributed by atoms with Crippen LogP contribution in [0.1, 0.15) is 11.1 Å². The molecule has 1 saturated heterocycles. The van der Waals surface area contributed by atoms with Crippen LogP contribution in [0.4, 0.5) is 5.69 Å². The van der Waals surface area contributed by atoms with Gasteiger partial charge in [-0.1, -0.05) is 48.5 Å². The van der Waals surface area contributed by atoms with E-state index in [2.05, 4.69) is 27.0 Å². The van der Waals surface area contributed by atoms with Crippen molar-refractivity contribution in [1.29, 1.82) is 0 Å². The number of thioether (sulfide) groups is 1. The molecule has 36 heavy (non-hydrogen) atoms. The summed E-state index contributed by atoms with van der Waals surface area (Å²) in [6.45, 7) is 3.72. The Hall–Kier alpha value is -3.75. The summed E-state index contributed by atoms with van der Waals surface area (Å²) in [5, 5.41) is 24.1. The van der Waals surface area contributed by atoms with Crippen LogP contribution < -0.4 is 10.5 Å². The Morgan fingerprint density at radius 3 is 2.11 bits per heavy atom. The molecule has 5 rings (SSSR count). The number of nitrogens with zero attached hydrogens (tertiary/aromatic N) is 4. The lowest BCUT2D eigenvalue weighted by Crippen LogP contribution is -2.46. The number of phenols is 2. The molecule has 0 radical (unpaired) electrons. The van der Waals surface area contributed by atoms with Crippen LogP contribution in [-0.4, -0.2) is 51.1 Å². The van der Waals surface area contributed by atoms with Crippen LogP contribution in [0.5, 0.6) is 11.5 Å². The third-order valence-electron chi connectivity index (χ3n) is 6.22. The fraction of sp³-hybridized carbons (Fsp3) is 0.214. The van der Waals surface area contributed by atoms with E-state index in [1.807, 2.05) is 54.7 Å². The molecule has 2 N–H and O–H groups in total. The second-order valence-corrected chi connectivity index (χ2v) is 9.79. The molecule has 8 heteroatoms. The molecule has 2 heterocycles. The SMILES string of the molecule is O=c1c(SCc2ccccc2)c(N2CCN(Cc3cc(O)cc(O)c3)CC2)cnn1-c1ccccc1. The van der Waals surface area contributed by atoms with Crippen molar-refractivity contribution < 1.29 is 10.2 Å². The van der Waals surface area contributed by atoms with E-state index < -0.39 is 0 Å². The molecular formula is C28H28N4O3S. The fourth-order valence-corrected chi connectivity index (χ4v) is 5.47. The molecule has 0 aliphatic carbocycles. The number of para-hydroxylation sites is 1. The average molecular weight is 501 g/mol. The van der Waals surface area contributed by atoms with E-state index in [0.29, 0.717) is 17.2 Å². The number of anilines is 1. The summed E-state index contributed by atoms with van der Waals surface area (Å²) in [4.78, 5) is 18.8. The molecule has 0 atom stereocenters. The number of hydrogen-bond donors (Lipinski definition) is 2. The molecule has 0 amide bonds. The lowest BCUT2D eigenvalue weighted by Gasteiger charge is -2.36. The maximum absolute atomic E-state index is 13.6. The second-order valence-electron chi connectivity index (χ2n) is 8.81. The summed E-state index contributed by atoms with van der Waals surface area (Å²) in [6, 6.07) is 24.3. The maximum Gasteiger partial charge on any atom is 0.287 e. The highest BCUT2D eigenvalue weighted by atomic mass is 32.2. The van der Waals surface area contributed by atoms with Gasteiger partial charge in [-0.05, 0) is 35.4 Å². The molecule has 0 bridgehead atoms. The van der Waals surface area contributed by atoms with E-state index in [1.165, 1.54) is 10.7 Å². The van der Waals surface area contributed by atoms with Gasteiger partial charge in [0, 0.05) is 44.5 Å². The van der Waals surface area contributed by atoms with Crippen molar-refractivity contribution >= 4 is 17.4 Å². The number of aromatic nitrogens is 2. The quantitative estimate of drug-likeness (QED) is 0.367. The highest BCUT2D eigenvalue weighted by molar-refractivity contribution is 7.98. The van der Waals surface area contributed by atoms with Crippen LogP contribution >= 0.6 is 11.8 Å². The molecule has 1 aliphatic rings. The first-order chi connectivity index (χ1) is 17.6. The lowest BCUT2D eigenvalue weighted by molar-refractivity contribution is 0.249. The number of benzene rings is 3. The van der Waals surface area contributed by atoms with E-state index in [4.69, 9.17) is 0 Å². The van der Waals surface area contributed by atoms with E-state index in [-0.39, 0.29) is 17.1 Å². The summed E-state index contributed by atoms with van der Waals surface area (Å²) >= 11 is 1.55. The summed E-state index contributed by atoms with van der Waals surface area (Å²) < 4.78 is 1.47. The minimum absolute atomic E-state index is 0.0637. The Balaban J connectivity index is 1.37. The van der Waals surface area contributed by atoms with Gasteiger partial charge in [0.1, 0.15) is 16.4 Å². The standard InChI is InChI=1S/C28H28N4O3S/c33-24-15-22(16-25(34)17-24)19-30-11-13-31(14-12-30)26-18-29-32(23-9-5-2-6-10-23)28(35)27(26)36-20-21-7-3-1-4-8-21/h1-10,15-18,33-34H,11-14,19-20H2. The highest BCUT2D eigenvalue weighted by Gasteiger charge is 2.23. The van der Waals surface area contributed by atoms with Gasteiger partial charge in [-0.25, -0.2) is 0 Å². The van der Waals surface area contributed by atoms with Crippen molar-refractivity contribution in [3.8, 4) is 17.2 Å². The Labute approximate surface area is 214 Å². The molecule has 1 aromatic heterocycles. The van der Waals surface area contributed by atoms with Gasteiger partial charge in [-0.2, -0.15) is 9.78 Å². The first-order valence-electron chi connectivity index (χ1n) is 11.9. The smallest absolute Gasteiger partial charge is 0.287 e. The average Bonchev–Trinajstić information content (AvgIpc) is 2.89. The second kappa shape index (κ2) is 10.9. The van der Waals surface area contributed by atoms with Gasteiger partial charge >= 0.3 is 0 Å². The number of hydrogen-bond acceptors (Lipinski definition) is 7. The molecule has 3 aromatic carbocycles. The molecule has 4 aromatic rings. The zero-order valence-electron chi connectivity index (χ0n) is 19.8. The molecular weight excluding hydrogens is 472 g/mol. The topological polar surface area (TPSA) is 81.8 Å². The molecule has 0 unspecified atom stereocenters. The summed E-state index contributed by atoms with van der Waals surface area (Å²) in [7, 11) is 0. The van der Waals surface area contributed by atoms with Gasteiger partial charge in [0.05, 0.1) is 17.6 Å². The minimum atomic E-state index is -0.114. The van der Waals surface area contributed by atoms with Crippen LogP contribution in [0.3, 0.4) is 0 Å². The van der Waals surface area contributed by atoms with Crippen molar-refractivity contribution in [2.75, 3.05) is 31.1 Å². The normalized spacial score (nSPS) is 14.2. The molecule has 7 nitrogen and oxygen atoms in total. The lowest BCUT2D eigenvalue weighted by atomic mass is 10.1. The predicted octanol–water partition coefficient (Wildman–Crippen LogP) is 4.26. The van der Waals surface area contributed by atoms with Crippen LogP contribution in [0.15, 0.2) is 94.7 Å². The third-order valence-corrected chi connectivity index (χ3v) is 7.37. The van der Waals surface area contributed by atoms with Gasteiger partial charge in [0.25, 0.3) is 5.56 Å². The third kappa shape index (κ3) is 5.56. The number of aromatic hydroxyl groups is 2. The van der Waals surface area contributed by atoms with Crippen molar-refractivity contribution in [1.82, 2.24) is 14.7 Å². The minimum Gasteiger partial charge on any atom is -0.508 e. The molecule has 184 valence electrons. The summed E-state index contributed by atoms with van der Waals surface area (Å²) in [5.41, 5.74) is 3.53. The van der Waals surface area contributed by atoms with Crippen molar-refractivity contribution in [2.45, 2.75) is 17.2 Å². The van der Waals surface area contributed by atoms with Gasteiger partial charge < -0.3 is 15.1 Å². The highest BCUT2D eigenvalue weighted by Crippen LogP contribution is 2.30. The Morgan fingerprint density at radius 2 is 1.44 bits per heavy atom. The first kappa shape index (κ1) is 24.0. The molecule has 0 spiro atoms. The van der Waals surface area contributed by atoms with Gasteiger partial charge in [-0.15, -0.1) is 11.8 Å². The van der Waals surface area contributed by atoms with Crippen LogP contribution in [0.2, 0.25) is 0 Å². The monoisotopic (exact) mass is 500 g/mol. The Bertz CT molecular complexity index is 1350. The van der Waals surface area contributed by atoms with Gasteiger partial charge in [0.15, 0.2) is 0 Å².